The maximum absolute atomic E-state index is 12.8. The zero-order valence-corrected chi connectivity index (χ0v) is 11.8. The smallest absolute Gasteiger partial charge is 0.398 e. The van der Waals surface area contributed by atoms with Crippen LogP contribution < -0.4 is 5.73 Å². The highest BCUT2D eigenvalue weighted by Crippen LogP contribution is 2.34. The van der Waals surface area contributed by atoms with E-state index >= 15 is 0 Å². The number of alkyl halides is 3. The van der Waals surface area contributed by atoms with Crippen LogP contribution in [0.3, 0.4) is 0 Å². The molecule has 0 unspecified atom stereocenters. The van der Waals surface area contributed by atoms with E-state index in [1.54, 1.807) is 0 Å². The highest BCUT2D eigenvalue weighted by molar-refractivity contribution is 5.95. The Morgan fingerprint density at radius 3 is 2.38 bits per heavy atom. The van der Waals surface area contributed by atoms with Gasteiger partial charge in [-0.3, -0.25) is 4.79 Å². The van der Waals surface area contributed by atoms with Gasteiger partial charge in [0, 0.05) is 24.3 Å². The third kappa shape index (κ3) is 3.47. The molecule has 0 saturated carbocycles. The molecule has 1 amide bonds. The van der Waals surface area contributed by atoms with E-state index in [1.807, 2.05) is 13.8 Å². The normalized spacial score (nSPS) is 23.2. The van der Waals surface area contributed by atoms with Gasteiger partial charge < -0.3 is 15.4 Å². The van der Waals surface area contributed by atoms with Crippen molar-refractivity contribution in [3.8, 4) is 0 Å². The minimum atomic E-state index is -4.58. The lowest BCUT2D eigenvalue weighted by Gasteiger charge is -2.35. The first-order chi connectivity index (χ1) is 9.68. The van der Waals surface area contributed by atoms with E-state index < -0.39 is 17.6 Å². The number of ether oxygens (including phenoxy) is 1. The van der Waals surface area contributed by atoms with Gasteiger partial charge in [0.1, 0.15) is 0 Å². The van der Waals surface area contributed by atoms with Crippen molar-refractivity contribution in [3.05, 3.63) is 29.3 Å². The highest BCUT2D eigenvalue weighted by atomic mass is 19.4. The van der Waals surface area contributed by atoms with Crippen molar-refractivity contribution in [2.24, 2.45) is 0 Å². The molecular weight excluding hydrogens is 285 g/mol. The molecule has 0 aromatic heterocycles. The van der Waals surface area contributed by atoms with Crippen molar-refractivity contribution in [2.45, 2.75) is 32.2 Å². The van der Waals surface area contributed by atoms with E-state index in [1.165, 1.54) is 11.0 Å². The summed E-state index contributed by atoms with van der Waals surface area (Å²) in [6, 6.07) is 3.24. The summed E-state index contributed by atoms with van der Waals surface area (Å²) < 4.78 is 44.0. The number of nitrogen functional groups attached to an aromatic ring is 1. The van der Waals surface area contributed by atoms with E-state index in [0.717, 1.165) is 12.1 Å². The van der Waals surface area contributed by atoms with E-state index in [-0.39, 0.29) is 23.5 Å². The fourth-order valence-electron chi connectivity index (χ4n) is 2.46. The fourth-order valence-corrected chi connectivity index (χ4v) is 2.46. The predicted octanol–water partition coefficient (Wildman–Crippen LogP) is 2.54. The van der Waals surface area contributed by atoms with Crippen LogP contribution >= 0.6 is 0 Å². The van der Waals surface area contributed by atoms with Crippen molar-refractivity contribution < 1.29 is 22.7 Å². The largest absolute Gasteiger partial charge is 0.418 e. The average molecular weight is 302 g/mol. The maximum atomic E-state index is 12.8. The number of nitrogens with two attached hydrogens (primary N) is 1. The van der Waals surface area contributed by atoms with Crippen LogP contribution in [0.2, 0.25) is 0 Å². The van der Waals surface area contributed by atoms with Gasteiger partial charge in [-0.1, -0.05) is 0 Å². The Labute approximate surface area is 120 Å². The van der Waals surface area contributed by atoms with Gasteiger partial charge >= 0.3 is 6.18 Å². The quantitative estimate of drug-likeness (QED) is 0.811. The Morgan fingerprint density at radius 2 is 1.86 bits per heavy atom. The van der Waals surface area contributed by atoms with Gasteiger partial charge in [-0.2, -0.15) is 13.2 Å². The molecule has 2 atom stereocenters. The molecule has 0 spiro atoms. The second-order valence-corrected chi connectivity index (χ2v) is 5.27. The second kappa shape index (κ2) is 5.55. The van der Waals surface area contributed by atoms with Crippen LogP contribution in [0.4, 0.5) is 18.9 Å². The van der Waals surface area contributed by atoms with Gasteiger partial charge in [0.05, 0.1) is 17.8 Å². The van der Waals surface area contributed by atoms with Crippen LogP contribution in [0.15, 0.2) is 18.2 Å². The molecule has 1 aromatic rings. The van der Waals surface area contributed by atoms with Crippen LogP contribution in [0.5, 0.6) is 0 Å². The van der Waals surface area contributed by atoms with Crippen molar-refractivity contribution in [1.82, 2.24) is 4.90 Å². The lowest BCUT2D eigenvalue weighted by molar-refractivity contribution is -0.136. The van der Waals surface area contributed by atoms with E-state index in [0.29, 0.717) is 13.1 Å². The summed E-state index contributed by atoms with van der Waals surface area (Å²) in [5.74, 6) is -0.442. The van der Waals surface area contributed by atoms with E-state index in [2.05, 4.69) is 0 Å². The average Bonchev–Trinajstić information content (AvgIpc) is 2.36. The zero-order valence-electron chi connectivity index (χ0n) is 11.8. The molecule has 7 heteroatoms. The summed E-state index contributed by atoms with van der Waals surface area (Å²) >= 11 is 0. The van der Waals surface area contributed by atoms with Crippen molar-refractivity contribution in [3.63, 3.8) is 0 Å². The van der Waals surface area contributed by atoms with Crippen LogP contribution in [-0.4, -0.2) is 36.1 Å². The number of halogens is 3. The van der Waals surface area contributed by atoms with Gasteiger partial charge in [-0.25, -0.2) is 0 Å². The molecule has 0 aliphatic carbocycles. The van der Waals surface area contributed by atoms with Crippen molar-refractivity contribution >= 4 is 11.6 Å². The first-order valence-electron chi connectivity index (χ1n) is 6.60. The molecule has 1 fully saturated rings. The summed E-state index contributed by atoms with van der Waals surface area (Å²) in [5, 5.41) is 0. The summed E-state index contributed by atoms with van der Waals surface area (Å²) in [5.41, 5.74) is 3.95. The number of hydrogen-bond acceptors (Lipinski definition) is 3. The third-order valence-corrected chi connectivity index (χ3v) is 3.31. The number of nitrogens with zero attached hydrogens (tertiary/aromatic N) is 1. The second-order valence-electron chi connectivity index (χ2n) is 5.27. The molecular formula is C14H17F3N2O2. The number of carbonyl (C=O) groups is 1. The van der Waals surface area contributed by atoms with Crippen LogP contribution in [0, 0.1) is 0 Å². The number of morpholine rings is 1. The molecule has 1 aromatic carbocycles. The molecule has 0 bridgehead atoms. The minimum Gasteiger partial charge on any atom is -0.398 e. The molecule has 1 aliphatic rings. The van der Waals surface area contributed by atoms with Gasteiger partial charge in [0.2, 0.25) is 0 Å². The lowest BCUT2D eigenvalue weighted by atomic mass is 10.1. The molecule has 0 radical (unpaired) electrons. The fraction of sp³-hybridized carbons (Fsp3) is 0.500. The van der Waals surface area contributed by atoms with Gasteiger partial charge in [-0.05, 0) is 32.0 Å². The predicted molar refractivity (Wildman–Crippen MR) is 71.8 cm³/mol. The number of carbonyl (C=O) groups excluding carboxylic acids is 1. The first kappa shape index (κ1) is 15.6. The Kier molecular flexibility index (Phi) is 4.13. The van der Waals surface area contributed by atoms with Crippen molar-refractivity contribution in [1.29, 1.82) is 0 Å². The summed E-state index contributed by atoms with van der Waals surface area (Å²) in [6.45, 7) is 4.35. The summed E-state index contributed by atoms with van der Waals surface area (Å²) in [6.07, 6.45) is -4.87. The Hall–Kier alpha value is -1.76. The van der Waals surface area contributed by atoms with E-state index in [9.17, 15) is 18.0 Å². The standard InChI is InChI=1S/C14H17F3N2O2/c1-8-6-19(7-9(2)21-8)13(20)10-3-4-12(18)11(5-10)14(15,16)17/h3-5,8-9H,6-7,18H2,1-2H3/t8-,9+. The molecule has 1 aliphatic heterocycles. The number of anilines is 1. The first-order valence-corrected chi connectivity index (χ1v) is 6.60. The topological polar surface area (TPSA) is 55.6 Å². The molecule has 4 nitrogen and oxygen atoms in total. The lowest BCUT2D eigenvalue weighted by Crippen LogP contribution is -2.48. The molecule has 116 valence electrons. The van der Waals surface area contributed by atoms with Crippen LogP contribution in [0.25, 0.3) is 0 Å². The van der Waals surface area contributed by atoms with Gasteiger partial charge in [0.15, 0.2) is 0 Å². The Balaban J connectivity index is 2.27. The zero-order chi connectivity index (χ0) is 15.8. The monoisotopic (exact) mass is 302 g/mol. The highest BCUT2D eigenvalue weighted by Gasteiger charge is 2.34. The Bertz CT molecular complexity index is 536. The molecule has 1 saturated heterocycles. The number of rotatable bonds is 1. The summed E-state index contributed by atoms with van der Waals surface area (Å²) in [4.78, 5) is 13.8. The van der Waals surface area contributed by atoms with Gasteiger partial charge in [0.25, 0.3) is 5.91 Å². The van der Waals surface area contributed by atoms with Crippen LogP contribution in [-0.2, 0) is 10.9 Å². The van der Waals surface area contributed by atoms with Crippen LogP contribution in [0.1, 0.15) is 29.8 Å². The number of hydrogen-bond donors (Lipinski definition) is 1. The van der Waals surface area contributed by atoms with Crippen molar-refractivity contribution in [2.75, 3.05) is 18.8 Å². The molecule has 2 rings (SSSR count). The van der Waals surface area contributed by atoms with Gasteiger partial charge in [-0.15, -0.1) is 0 Å². The molecule has 1 heterocycles. The summed E-state index contributed by atoms with van der Waals surface area (Å²) in [7, 11) is 0. The number of benzene rings is 1. The Morgan fingerprint density at radius 1 is 1.29 bits per heavy atom. The third-order valence-electron chi connectivity index (χ3n) is 3.31. The van der Waals surface area contributed by atoms with E-state index in [4.69, 9.17) is 10.5 Å². The number of amides is 1. The molecule has 2 N–H and O–H groups in total. The minimum absolute atomic E-state index is 0.0159. The molecule has 21 heavy (non-hydrogen) atoms. The maximum Gasteiger partial charge on any atom is 0.418 e. The SMILES string of the molecule is C[C@@H]1CN(C(=O)c2ccc(N)c(C(F)(F)F)c2)C[C@H](C)O1.